The first kappa shape index (κ1) is 17.7. The van der Waals surface area contributed by atoms with E-state index >= 15 is 0 Å². The summed E-state index contributed by atoms with van der Waals surface area (Å²) in [7, 11) is 3.47. The summed E-state index contributed by atoms with van der Waals surface area (Å²) < 4.78 is 5.83. The summed E-state index contributed by atoms with van der Waals surface area (Å²) in [5.41, 5.74) is 1.04. The van der Waals surface area contributed by atoms with Gasteiger partial charge >= 0.3 is 5.97 Å². The van der Waals surface area contributed by atoms with E-state index in [1.165, 1.54) is 0 Å². The van der Waals surface area contributed by atoms with Crippen molar-refractivity contribution in [3.8, 4) is 0 Å². The number of benzene rings is 1. The van der Waals surface area contributed by atoms with Crippen LogP contribution >= 0.6 is 15.9 Å². The van der Waals surface area contributed by atoms with Gasteiger partial charge in [-0.05, 0) is 25.6 Å². The fourth-order valence-corrected chi connectivity index (χ4v) is 2.22. The summed E-state index contributed by atoms with van der Waals surface area (Å²) in [6.07, 6.45) is 0. The third-order valence-electron chi connectivity index (χ3n) is 2.90. The molecule has 0 radical (unpaired) electrons. The molecule has 1 aromatic rings. The van der Waals surface area contributed by atoms with Crippen LogP contribution in [0.5, 0.6) is 0 Å². The van der Waals surface area contributed by atoms with Gasteiger partial charge in [-0.15, -0.1) is 0 Å². The van der Waals surface area contributed by atoms with Gasteiger partial charge in [-0.25, -0.2) is 0 Å². The first-order valence-electron chi connectivity index (χ1n) is 6.75. The zero-order valence-electron chi connectivity index (χ0n) is 12.6. The second kappa shape index (κ2) is 8.79. The van der Waals surface area contributed by atoms with Crippen molar-refractivity contribution in [1.82, 2.24) is 9.80 Å². The number of hydrogen-bond donors (Lipinski definition) is 0. The fourth-order valence-electron chi connectivity index (χ4n) is 1.80. The number of rotatable bonds is 7. The monoisotopic (exact) mass is 356 g/mol. The average Bonchev–Trinajstić information content (AvgIpc) is 2.41. The summed E-state index contributed by atoms with van der Waals surface area (Å²) in [5, 5.41) is 0. The van der Waals surface area contributed by atoms with Crippen molar-refractivity contribution in [3.63, 3.8) is 0 Å². The Hall–Kier alpha value is -1.40. The van der Waals surface area contributed by atoms with E-state index in [0.717, 1.165) is 10.0 Å². The molecule has 0 aliphatic heterocycles. The van der Waals surface area contributed by atoms with Crippen molar-refractivity contribution in [2.75, 3.05) is 33.8 Å². The molecule has 0 saturated carbocycles. The summed E-state index contributed by atoms with van der Waals surface area (Å²) >= 11 is 3.47. The molecule has 0 unspecified atom stereocenters. The maximum atomic E-state index is 12.1. The van der Waals surface area contributed by atoms with Crippen molar-refractivity contribution in [2.45, 2.75) is 13.5 Å². The second-order valence-electron chi connectivity index (χ2n) is 4.82. The van der Waals surface area contributed by atoms with Crippen LogP contribution in [0, 0.1) is 0 Å². The number of likely N-dealkylation sites (N-methyl/N-ethyl adjacent to an activating group) is 2. The van der Waals surface area contributed by atoms with Crippen LogP contribution in [0.25, 0.3) is 0 Å². The predicted molar refractivity (Wildman–Crippen MR) is 84.7 cm³/mol. The summed E-state index contributed by atoms with van der Waals surface area (Å²) in [5.74, 6) is -0.362. The van der Waals surface area contributed by atoms with Gasteiger partial charge in [0.05, 0.1) is 19.7 Å². The highest BCUT2D eigenvalue weighted by atomic mass is 79.9. The van der Waals surface area contributed by atoms with Crippen molar-refractivity contribution in [2.24, 2.45) is 0 Å². The standard InChI is InChI=1S/C15H21BrN2O3/c1-4-21-15(20)11-17(2)10-14(19)18(3)9-12-7-5-6-8-13(12)16/h5-8H,4,9-11H2,1-3H3. The van der Waals surface area contributed by atoms with Crippen molar-refractivity contribution < 1.29 is 14.3 Å². The highest BCUT2D eigenvalue weighted by Gasteiger charge is 2.15. The lowest BCUT2D eigenvalue weighted by Crippen LogP contribution is -2.38. The Labute approximate surface area is 134 Å². The molecule has 0 aliphatic carbocycles. The Morgan fingerprint density at radius 3 is 2.48 bits per heavy atom. The number of amides is 1. The zero-order valence-corrected chi connectivity index (χ0v) is 14.2. The lowest BCUT2D eigenvalue weighted by molar-refractivity contribution is -0.144. The largest absolute Gasteiger partial charge is 0.465 e. The molecule has 0 atom stereocenters. The molecule has 0 spiro atoms. The molecule has 1 amide bonds. The highest BCUT2D eigenvalue weighted by molar-refractivity contribution is 9.10. The van der Waals surface area contributed by atoms with E-state index in [1.54, 1.807) is 30.8 Å². The number of carbonyl (C=O) groups is 2. The molecule has 21 heavy (non-hydrogen) atoms. The number of carbonyl (C=O) groups excluding carboxylic acids is 2. The van der Waals surface area contributed by atoms with Crippen LogP contribution in [-0.2, 0) is 20.9 Å². The van der Waals surface area contributed by atoms with Crippen LogP contribution in [-0.4, -0.2) is 55.5 Å². The lowest BCUT2D eigenvalue weighted by atomic mass is 10.2. The first-order valence-corrected chi connectivity index (χ1v) is 7.54. The molecule has 0 N–H and O–H groups in total. The molecule has 0 bridgehead atoms. The Morgan fingerprint density at radius 1 is 1.19 bits per heavy atom. The highest BCUT2D eigenvalue weighted by Crippen LogP contribution is 2.17. The van der Waals surface area contributed by atoms with Crippen LogP contribution < -0.4 is 0 Å². The molecular formula is C15H21BrN2O3. The maximum absolute atomic E-state index is 12.1. The minimum atomic E-state index is -0.318. The van der Waals surface area contributed by atoms with Gasteiger partial charge in [0.2, 0.25) is 5.91 Å². The van der Waals surface area contributed by atoms with Crippen LogP contribution in [0.2, 0.25) is 0 Å². The van der Waals surface area contributed by atoms with Gasteiger partial charge in [-0.2, -0.15) is 0 Å². The molecular weight excluding hydrogens is 336 g/mol. The minimum Gasteiger partial charge on any atom is -0.465 e. The van der Waals surface area contributed by atoms with Crippen LogP contribution in [0.4, 0.5) is 0 Å². The number of ether oxygens (including phenoxy) is 1. The van der Waals surface area contributed by atoms with Crippen molar-refractivity contribution in [3.05, 3.63) is 34.3 Å². The number of halogens is 1. The normalized spacial score (nSPS) is 10.5. The van der Waals surface area contributed by atoms with Gasteiger partial charge in [0.25, 0.3) is 0 Å². The molecule has 1 aromatic carbocycles. The average molecular weight is 357 g/mol. The molecule has 1 rings (SSSR count). The summed E-state index contributed by atoms with van der Waals surface area (Å²) in [6, 6.07) is 7.78. The van der Waals surface area contributed by atoms with E-state index in [2.05, 4.69) is 15.9 Å². The zero-order chi connectivity index (χ0) is 15.8. The van der Waals surface area contributed by atoms with Gasteiger partial charge < -0.3 is 9.64 Å². The Bertz CT molecular complexity index is 494. The van der Waals surface area contributed by atoms with Crippen LogP contribution in [0.3, 0.4) is 0 Å². The van der Waals surface area contributed by atoms with Gasteiger partial charge in [-0.1, -0.05) is 34.1 Å². The third kappa shape index (κ3) is 6.27. The van der Waals surface area contributed by atoms with E-state index in [9.17, 15) is 9.59 Å². The quantitative estimate of drug-likeness (QED) is 0.700. The molecule has 0 heterocycles. The Kier molecular flexibility index (Phi) is 7.39. The smallest absolute Gasteiger partial charge is 0.320 e. The van der Waals surface area contributed by atoms with Crippen molar-refractivity contribution in [1.29, 1.82) is 0 Å². The first-order chi connectivity index (χ1) is 9.93. The van der Waals surface area contributed by atoms with E-state index < -0.39 is 0 Å². The van der Waals surface area contributed by atoms with Gasteiger partial charge in [0, 0.05) is 18.1 Å². The van der Waals surface area contributed by atoms with Gasteiger partial charge in [0.15, 0.2) is 0 Å². The molecule has 0 aromatic heterocycles. The summed E-state index contributed by atoms with van der Waals surface area (Å²) in [4.78, 5) is 26.8. The third-order valence-corrected chi connectivity index (χ3v) is 3.67. The number of nitrogens with zero attached hydrogens (tertiary/aromatic N) is 2. The molecule has 116 valence electrons. The molecule has 0 saturated heterocycles. The SMILES string of the molecule is CCOC(=O)CN(C)CC(=O)N(C)Cc1ccccc1Br. The predicted octanol–water partition coefficient (Wildman–Crippen LogP) is 1.90. The summed E-state index contributed by atoms with van der Waals surface area (Å²) in [6.45, 7) is 2.92. The Balaban J connectivity index is 2.47. The molecule has 0 aliphatic rings. The lowest BCUT2D eigenvalue weighted by Gasteiger charge is -2.21. The van der Waals surface area contributed by atoms with E-state index in [1.807, 2.05) is 24.3 Å². The second-order valence-corrected chi connectivity index (χ2v) is 5.67. The number of esters is 1. The maximum Gasteiger partial charge on any atom is 0.320 e. The molecule has 5 nitrogen and oxygen atoms in total. The van der Waals surface area contributed by atoms with Crippen molar-refractivity contribution >= 4 is 27.8 Å². The van der Waals surface area contributed by atoms with E-state index in [0.29, 0.717) is 13.2 Å². The van der Waals surface area contributed by atoms with Crippen LogP contribution in [0.15, 0.2) is 28.7 Å². The molecule has 6 heteroatoms. The number of hydrogen-bond acceptors (Lipinski definition) is 4. The van der Waals surface area contributed by atoms with E-state index in [4.69, 9.17) is 4.74 Å². The van der Waals surface area contributed by atoms with E-state index in [-0.39, 0.29) is 25.0 Å². The Morgan fingerprint density at radius 2 is 1.86 bits per heavy atom. The minimum absolute atomic E-state index is 0.0439. The molecule has 0 fully saturated rings. The van der Waals surface area contributed by atoms with Crippen LogP contribution in [0.1, 0.15) is 12.5 Å². The fraction of sp³-hybridized carbons (Fsp3) is 0.467. The topological polar surface area (TPSA) is 49.9 Å². The van der Waals surface area contributed by atoms with Gasteiger partial charge in [-0.3, -0.25) is 14.5 Å². The van der Waals surface area contributed by atoms with Gasteiger partial charge in [0.1, 0.15) is 0 Å².